The number of hydrogen-bond donors (Lipinski definition) is 2. The number of unbranched alkanes of at least 4 members (excludes halogenated alkanes) is 2. The maximum Gasteiger partial charge on any atom is 0.0216 e. The standard InChI is InChI=1S/C17H28N2/c1-2-3-4-11-16(19-18)13-15-10-7-9-14-8-5-6-12-17(14)15/h5-6,8,12,15-16,19H,2-4,7,9-11,13,18H2,1H3. The first-order valence-corrected chi connectivity index (χ1v) is 7.89. The molecule has 0 aliphatic heterocycles. The van der Waals surface area contributed by atoms with Crippen molar-refractivity contribution in [1.29, 1.82) is 0 Å². The van der Waals surface area contributed by atoms with E-state index in [1.807, 2.05) is 0 Å². The van der Waals surface area contributed by atoms with E-state index in [2.05, 4.69) is 36.6 Å². The molecule has 0 spiro atoms. The molecule has 2 unspecified atom stereocenters. The fourth-order valence-electron chi connectivity index (χ4n) is 3.35. The van der Waals surface area contributed by atoms with Crippen LogP contribution in [0.25, 0.3) is 0 Å². The molecule has 0 saturated carbocycles. The Kier molecular flexibility index (Phi) is 5.87. The highest BCUT2D eigenvalue weighted by Gasteiger charge is 2.22. The van der Waals surface area contributed by atoms with Crippen LogP contribution < -0.4 is 11.3 Å². The molecule has 0 aromatic heterocycles. The van der Waals surface area contributed by atoms with Gasteiger partial charge in [-0.25, -0.2) is 0 Å². The van der Waals surface area contributed by atoms with Crippen LogP contribution in [0.15, 0.2) is 24.3 Å². The first kappa shape index (κ1) is 14.5. The quantitative estimate of drug-likeness (QED) is 0.443. The fraction of sp³-hybridized carbons (Fsp3) is 0.647. The zero-order chi connectivity index (χ0) is 13.5. The third-order valence-corrected chi connectivity index (χ3v) is 4.45. The smallest absolute Gasteiger partial charge is 0.0216 e. The summed E-state index contributed by atoms with van der Waals surface area (Å²) in [6, 6.07) is 9.44. The molecular weight excluding hydrogens is 232 g/mol. The number of nitrogens with two attached hydrogens (primary N) is 1. The van der Waals surface area contributed by atoms with Crippen LogP contribution >= 0.6 is 0 Å². The lowest BCUT2D eigenvalue weighted by Crippen LogP contribution is -2.36. The molecule has 0 saturated heterocycles. The van der Waals surface area contributed by atoms with Crippen LogP contribution in [0.5, 0.6) is 0 Å². The van der Waals surface area contributed by atoms with Crippen molar-refractivity contribution in [2.24, 2.45) is 5.84 Å². The van der Waals surface area contributed by atoms with E-state index in [-0.39, 0.29) is 0 Å². The second-order valence-electron chi connectivity index (χ2n) is 5.88. The van der Waals surface area contributed by atoms with Gasteiger partial charge in [0.05, 0.1) is 0 Å². The molecule has 2 heteroatoms. The number of aryl methyl sites for hydroxylation is 1. The Morgan fingerprint density at radius 3 is 2.95 bits per heavy atom. The maximum atomic E-state index is 5.74. The summed E-state index contributed by atoms with van der Waals surface area (Å²) in [6.45, 7) is 2.25. The highest BCUT2D eigenvalue weighted by molar-refractivity contribution is 5.32. The van der Waals surface area contributed by atoms with E-state index < -0.39 is 0 Å². The summed E-state index contributed by atoms with van der Waals surface area (Å²) < 4.78 is 0. The summed E-state index contributed by atoms with van der Waals surface area (Å²) in [5.74, 6) is 6.44. The molecule has 1 aliphatic rings. The van der Waals surface area contributed by atoms with Gasteiger partial charge in [-0.1, -0.05) is 50.5 Å². The molecule has 1 aromatic carbocycles. The van der Waals surface area contributed by atoms with Gasteiger partial charge in [-0.15, -0.1) is 0 Å². The lowest BCUT2D eigenvalue weighted by Gasteiger charge is -2.28. The van der Waals surface area contributed by atoms with Gasteiger partial charge in [-0.05, 0) is 49.1 Å². The number of nitrogens with one attached hydrogen (secondary N) is 1. The Bertz CT molecular complexity index is 375. The van der Waals surface area contributed by atoms with Crippen molar-refractivity contribution in [2.75, 3.05) is 0 Å². The highest BCUT2D eigenvalue weighted by Crippen LogP contribution is 2.35. The average molecular weight is 260 g/mol. The zero-order valence-corrected chi connectivity index (χ0v) is 12.2. The van der Waals surface area contributed by atoms with E-state index in [0.717, 1.165) is 0 Å². The molecule has 0 amide bonds. The van der Waals surface area contributed by atoms with Gasteiger partial charge in [-0.2, -0.15) is 0 Å². The van der Waals surface area contributed by atoms with Crippen LogP contribution in [-0.4, -0.2) is 6.04 Å². The molecule has 0 radical (unpaired) electrons. The van der Waals surface area contributed by atoms with Crippen LogP contribution in [0.4, 0.5) is 0 Å². The molecule has 2 rings (SSSR count). The van der Waals surface area contributed by atoms with Crippen molar-refractivity contribution in [1.82, 2.24) is 5.43 Å². The molecule has 2 atom stereocenters. The largest absolute Gasteiger partial charge is 0.271 e. The second kappa shape index (κ2) is 7.66. The molecule has 19 heavy (non-hydrogen) atoms. The number of rotatable bonds is 7. The topological polar surface area (TPSA) is 38.0 Å². The minimum absolute atomic E-state index is 0.475. The van der Waals surface area contributed by atoms with Crippen molar-refractivity contribution in [2.45, 2.75) is 70.3 Å². The fourth-order valence-corrected chi connectivity index (χ4v) is 3.35. The van der Waals surface area contributed by atoms with E-state index in [9.17, 15) is 0 Å². The number of benzene rings is 1. The molecule has 3 N–H and O–H groups in total. The Labute approximate surface area is 117 Å². The molecule has 106 valence electrons. The maximum absolute atomic E-state index is 5.74. The van der Waals surface area contributed by atoms with Crippen LogP contribution in [0.2, 0.25) is 0 Å². The van der Waals surface area contributed by atoms with Gasteiger partial charge in [0.15, 0.2) is 0 Å². The monoisotopic (exact) mass is 260 g/mol. The van der Waals surface area contributed by atoms with Crippen LogP contribution in [0.1, 0.15) is 68.9 Å². The van der Waals surface area contributed by atoms with E-state index in [1.54, 1.807) is 11.1 Å². The van der Waals surface area contributed by atoms with Crippen LogP contribution in [0.3, 0.4) is 0 Å². The third-order valence-electron chi connectivity index (χ3n) is 4.45. The Morgan fingerprint density at radius 1 is 1.32 bits per heavy atom. The SMILES string of the molecule is CCCCCC(CC1CCCc2ccccc21)NN. The van der Waals surface area contributed by atoms with Crippen molar-refractivity contribution in [3.63, 3.8) is 0 Å². The number of hydrogen-bond acceptors (Lipinski definition) is 2. The van der Waals surface area contributed by atoms with Gasteiger partial charge in [0.25, 0.3) is 0 Å². The summed E-state index contributed by atoms with van der Waals surface area (Å²) in [7, 11) is 0. The van der Waals surface area contributed by atoms with Crippen molar-refractivity contribution < 1.29 is 0 Å². The minimum atomic E-state index is 0.475. The average Bonchev–Trinajstić information content (AvgIpc) is 2.46. The summed E-state index contributed by atoms with van der Waals surface area (Å²) in [4.78, 5) is 0. The summed E-state index contributed by atoms with van der Waals surface area (Å²) in [5, 5.41) is 0. The lowest BCUT2D eigenvalue weighted by atomic mass is 9.79. The van der Waals surface area contributed by atoms with Crippen LogP contribution in [-0.2, 0) is 6.42 Å². The molecule has 0 heterocycles. The first-order chi connectivity index (χ1) is 9.35. The molecule has 2 nitrogen and oxygen atoms in total. The zero-order valence-electron chi connectivity index (χ0n) is 12.2. The van der Waals surface area contributed by atoms with Gasteiger partial charge in [0, 0.05) is 6.04 Å². The molecule has 0 fully saturated rings. The van der Waals surface area contributed by atoms with Gasteiger partial charge >= 0.3 is 0 Å². The molecule has 1 aliphatic carbocycles. The van der Waals surface area contributed by atoms with E-state index in [0.29, 0.717) is 12.0 Å². The molecule has 1 aromatic rings. The minimum Gasteiger partial charge on any atom is -0.271 e. The van der Waals surface area contributed by atoms with Gasteiger partial charge < -0.3 is 0 Å². The summed E-state index contributed by atoms with van der Waals surface area (Å²) >= 11 is 0. The van der Waals surface area contributed by atoms with E-state index in [4.69, 9.17) is 5.84 Å². The summed E-state index contributed by atoms with van der Waals surface area (Å²) in [6.07, 6.45) is 10.2. The lowest BCUT2D eigenvalue weighted by molar-refractivity contribution is 0.388. The van der Waals surface area contributed by atoms with Gasteiger partial charge in [-0.3, -0.25) is 11.3 Å². The normalized spacial score (nSPS) is 20.0. The predicted molar refractivity (Wildman–Crippen MR) is 82.0 cm³/mol. The Hall–Kier alpha value is -0.860. The van der Waals surface area contributed by atoms with Gasteiger partial charge in [0.1, 0.15) is 0 Å². The molecular formula is C17H28N2. The van der Waals surface area contributed by atoms with E-state index >= 15 is 0 Å². The highest BCUT2D eigenvalue weighted by atomic mass is 15.2. The second-order valence-corrected chi connectivity index (χ2v) is 5.88. The van der Waals surface area contributed by atoms with E-state index in [1.165, 1.54) is 51.4 Å². The van der Waals surface area contributed by atoms with Crippen LogP contribution in [0, 0.1) is 0 Å². The van der Waals surface area contributed by atoms with Crippen molar-refractivity contribution in [3.05, 3.63) is 35.4 Å². The number of fused-ring (bicyclic) bond motifs is 1. The van der Waals surface area contributed by atoms with Crippen molar-refractivity contribution >= 4 is 0 Å². The Morgan fingerprint density at radius 2 is 2.16 bits per heavy atom. The summed E-state index contributed by atoms with van der Waals surface area (Å²) in [5.41, 5.74) is 6.17. The van der Waals surface area contributed by atoms with Gasteiger partial charge in [0.2, 0.25) is 0 Å². The third kappa shape index (κ3) is 4.05. The first-order valence-electron chi connectivity index (χ1n) is 7.89. The molecule has 0 bridgehead atoms. The predicted octanol–water partition coefficient (Wildman–Crippen LogP) is 3.91. The Balaban J connectivity index is 1.94. The number of hydrazine groups is 1. The van der Waals surface area contributed by atoms with Crippen molar-refractivity contribution in [3.8, 4) is 0 Å².